The molecule has 1 aromatic rings. The summed E-state index contributed by atoms with van der Waals surface area (Å²) in [6.45, 7) is 13.1. The molecule has 0 radical (unpaired) electrons. The molecule has 0 saturated heterocycles. The SMILES string of the molecule is CCCCC[C@]1(C)/C(=C/c2cc3c(c(C=O)c2OC)OC(C)(C)O3)[C@@H](C)CC[C@H]1CC. The van der Waals surface area contributed by atoms with Gasteiger partial charge in [-0.25, -0.2) is 0 Å². The van der Waals surface area contributed by atoms with Crippen LogP contribution in [-0.4, -0.2) is 19.2 Å². The van der Waals surface area contributed by atoms with Crippen LogP contribution in [0.1, 0.15) is 102 Å². The van der Waals surface area contributed by atoms with Crippen LogP contribution in [0.2, 0.25) is 0 Å². The van der Waals surface area contributed by atoms with E-state index in [0.29, 0.717) is 34.6 Å². The predicted octanol–water partition coefficient (Wildman–Crippen LogP) is 7.44. The summed E-state index contributed by atoms with van der Waals surface area (Å²) < 4.78 is 17.7. The van der Waals surface area contributed by atoms with E-state index in [-0.39, 0.29) is 5.41 Å². The molecule has 2 aliphatic rings. The molecule has 1 fully saturated rings. The Bertz CT molecular complexity index is 838. The highest BCUT2D eigenvalue weighted by Gasteiger charge is 2.42. The summed E-state index contributed by atoms with van der Waals surface area (Å²) >= 11 is 0. The Hall–Kier alpha value is -1.97. The molecule has 0 unspecified atom stereocenters. The van der Waals surface area contributed by atoms with Crippen LogP contribution in [0.5, 0.6) is 17.2 Å². The van der Waals surface area contributed by atoms with Crippen molar-refractivity contribution in [2.24, 2.45) is 17.3 Å². The Morgan fingerprint density at radius 2 is 1.90 bits per heavy atom. The standard InChI is InChI=1S/C27H40O4/c1-8-10-11-14-27(6)20(9-2)13-12-18(3)22(27)15-19-16-23-25(31-26(4,5)30-23)21(17-28)24(19)29-7/h15-18,20H,8-14H2,1-7H3/b22-15+/t18-,20+,27-/m0/s1. The molecule has 4 nitrogen and oxygen atoms in total. The number of ether oxygens (including phenoxy) is 3. The molecular weight excluding hydrogens is 388 g/mol. The fourth-order valence-corrected chi connectivity index (χ4v) is 5.76. The maximum atomic E-state index is 12.0. The van der Waals surface area contributed by atoms with E-state index in [1.165, 1.54) is 50.5 Å². The number of rotatable bonds is 8. The molecule has 3 atom stereocenters. The van der Waals surface area contributed by atoms with Crippen LogP contribution in [0.3, 0.4) is 0 Å². The normalized spacial score (nSPS) is 28.0. The smallest absolute Gasteiger partial charge is 0.246 e. The van der Waals surface area contributed by atoms with Crippen molar-refractivity contribution < 1.29 is 19.0 Å². The van der Waals surface area contributed by atoms with E-state index in [1.807, 2.05) is 19.9 Å². The molecule has 4 heteroatoms. The van der Waals surface area contributed by atoms with Crippen molar-refractivity contribution in [2.75, 3.05) is 7.11 Å². The van der Waals surface area contributed by atoms with Crippen molar-refractivity contribution in [3.05, 3.63) is 22.8 Å². The van der Waals surface area contributed by atoms with Gasteiger partial charge in [-0.05, 0) is 42.6 Å². The average Bonchev–Trinajstić information content (AvgIpc) is 3.03. The van der Waals surface area contributed by atoms with Crippen LogP contribution in [0.25, 0.3) is 6.08 Å². The molecule has 1 saturated carbocycles. The van der Waals surface area contributed by atoms with Crippen molar-refractivity contribution in [1.29, 1.82) is 0 Å². The van der Waals surface area contributed by atoms with Crippen LogP contribution in [0.15, 0.2) is 11.6 Å². The van der Waals surface area contributed by atoms with Crippen LogP contribution < -0.4 is 14.2 Å². The van der Waals surface area contributed by atoms with Crippen LogP contribution >= 0.6 is 0 Å². The molecule has 0 aromatic heterocycles. The molecule has 0 bridgehead atoms. The van der Waals surface area contributed by atoms with Crippen molar-refractivity contribution in [3.8, 4) is 17.2 Å². The van der Waals surface area contributed by atoms with Gasteiger partial charge >= 0.3 is 0 Å². The number of carbonyl (C=O) groups is 1. The highest BCUT2D eigenvalue weighted by atomic mass is 16.7. The minimum atomic E-state index is -0.795. The zero-order chi connectivity index (χ0) is 22.8. The van der Waals surface area contributed by atoms with Gasteiger partial charge in [0.15, 0.2) is 17.8 Å². The first-order valence-corrected chi connectivity index (χ1v) is 12.0. The fourth-order valence-electron chi connectivity index (χ4n) is 5.76. The molecule has 0 amide bonds. The Kier molecular flexibility index (Phi) is 7.08. The van der Waals surface area contributed by atoms with Crippen molar-refractivity contribution in [2.45, 2.75) is 92.3 Å². The molecule has 31 heavy (non-hydrogen) atoms. The lowest BCUT2D eigenvalue weighted by Gasteiger charge is -2.47. The van der Waals surface area contributed by atoms with Gasteiger partial charge in [0.1, 0.15) is 11.3 Å². The number of unbranched alkanes of at least 4 members (excludes halogenated alkanes) is 2. The summed E-state index contributed by atoms with van der Waals surface area (Å²) in [6, 6.07) is 1.98. The summed E-state index contributed by atoms with van der Waals surface area (Å²) in [4.78, 5) is 12.0. The van der Waals surface area contributed by atoms with E-state index in [2.05, 4.69) is 33.8 Å². The van der Waals surface area contributed by atoms with E-state index >= 15 is 0 Å². The molecule has 1 aliphatic heterocycles. The Labute approximate surface area is 188 Å². The van der Waals surface area contributed by atoms with E-state index in [9.17, 15) is 4.79 Å². The number of benzene rings is 1. The minimum absolute atomic E-state index is 0.156. The number of fused-ring (bicyclic) bond motifs is 1. The quantitative estimate of drug-likeness (QED) is 0.319. The van der Waals surface area contributed by atoms with Gasteiger partial charge in [0.25, 0.3) is 0 Å². The summed E-state index contributed by atoms with van der Waals surface area (Å²) in [6.07, 6.45) is 11.7. The first kappa shape index (κ1) is 23.7. The molecule has 0 spiro atoms. The maximum absolute atomic E-state index is 12.0. The van der Waals surface area contributed by atoms with Crippen LogP contribution in [0, 0.1) is 17.3 Å². The van der Waals surface area contributed by atoms with Crippen LogP contribution in [-0.2, 0) is 0 Å². The summed E-state index contributed by atoms with van der Waals surface area (Å²) in [5.41, 5.74) is 2.98. The molecule has 1 heterocycles. The summed E-state index contributed by atoms with van der Waals surface area (Å²) in [7, 11) is 1.62. The number of aldehydes is 1. The molecule has 1 aliphatic carbocycles. The maximum Gasteiger partial charge on any atom is 0.246 e. The summed E-state index contributed by atoms with van der Waals surface area (Å²) in [5, 5.41) is 0. The van der Waals surface area contributed by atoms with Crippen molar-refractivity contribution >= 4 is 12.4 Å². The van der Waals surface area contributed by atoms with Gasteiger partial charge in [-0.15, -0.1) is 0 Å². The number of hydrogen-bond acceptors (Lipinski definition) is 4. The van der Waals surface area contributed by atoms with Crippen molar-refractivity contribution in [1.82, 2.24) is 0 Å². The largest absolute Gasteiger partial charge is 0.495 e. The van der Waals surface area contributed by atoms with Gasteiger partial charge in [-0.1, -0.05) is 65.0 Å². The van der Waals surface area contributed by atoms with Crippen LogP contribution in [0.4, 0.5) is 0 Å². The van der Waals surface area contributed by atoms with E-state index in [0.717, 1.165) is 11.8 Å². The van der Waals surface area contributed by atoms with E-state index in [4.69, 9.17) is 14.2 Å². The molecular formula is C27H40O4. The summed E-state index contributed by atoms with van der Waals surface area (Å²) in [5.74, 6) is 2.05. The van der Waals surface area contributed by atoms with Gasteiger partial charge in [0.05, 0.1) is 7.11 Å². The third-order valence-electron chi connectivity index (χ3n) is 7.43. The highest BCUT2D eigenvalue weighted by molar-refractivity contribution is 5.89. The van der Waals surface area contributed by atoms with E-state index in [1.54, 1.807) is 7.11 Å². The average molecular weight is 429 g/mol. The number of carbonyl (C=O) groups excluding carboxylic acids is 1. The second-order valence-corrected chi connectivity index (χ2v) is 10.0. The monoisotopic (exact) mass is 428 g/mol. The lowest BCUT2D eigenvalue weighted by atomic mass is 9.58. The Balaban J connectivity index is 2.14. The number of methoxy groups -OCH3 is 1. The topological polar surface area (TPSA) is 44.8 Å². The van der Waals surface area contributed by atoms with Gasteiger partial charge in [0.2, 0.25) is 5.79 Å². The first-order valence-electron chi connectivity index (χ1n) is 12.0. The Morgan fingerprint density at radius 1 is 1.16 bits per heavy atom. The third-order valence-corrected chi connectivity index (χ3v) is 7.43. The molecule has 0 N–H and O–H groups in total. The van der Waals surface area contributed by atoms with E-state index < -0.39 is 5.79 Å². The second-order valence-electron chi connectivity index (χ2n) is 10.0. The highest BCUT2D eigenvalue weighted by Crippen LogP contribution is 2.54. The Morgan fingerprint density at radius 3 is 2.52 bits per heavy atom. The van der Waals surface area contributed by atoms with Crippen molar-refractivity contribution in [3.63, 3.8) is 0 Å². The first-order chi connectivity index (χ1) is 14.7. The van der Waals surface area contributed by atoms with Gasteiger partial charge in [-0.3, -0.25) is 4.79 Å². The lowest BCUT2D eigenvalue weighted by Crippen LogP contribution is -2.36. The number of hydrogen-bond donors (Lipinski definition) is 0. The third kappa shape index (κ3) is 4.49. The number of allylic oxidation sites excluding steroid dienone is 1. The second kappa shape index (κ2) is 9.26. The molecule has 1 aromatic carbocycles. The molecule has 3 rings (SSSR count). The fraction of sp³-hybridized carbons (Fsp3) is 0.667. The zero-order valence-electron chi connectivity index (χ0n) is 20.5. The van der Waals surface area contributed by atoms with Gasteiger partial charge in [0, 0.05) is 19.4 Å². The van der Waals surface area contributed by atoms with Gasteiger partial charge < -0.3 is 14.2 Å². The van der Waals surface area contributed by atoms with Gasteiger partial charge in [-0.2, -0.15) is 0 Å². The molecule has 172 valence electrons. The zero-order valence-corrected chi connectivity index (χ0v) is 20.5. The predicted molar refractivity (Wildman–Crippen MR) is 126 cm³/mol. The minimum Gasteiger partial charge on any atom is -0.495 e. The lowest BCUT2D eigenvalue weighted by molar-refractivity contribution is -0.0433.